The van der Waals surface area contributed by atoms with Crippen LogP contribution in [0.4, 0.5) is 17.2 Å². The van der Waals surface area contributed by atoms with Crippen LogP contribution in [0.5, 0.6) is 0 Å². The van der Waals surface area contributed by atoms with Crippen LogP contribution in [0.15, 0.2) is 36.5 Å². The number of hydrogen-bond donors (Lipinski definition) is 2. The molecule has 0 saturated heterocycles. The average molecular weight is 221 g/mol. The van der Waals surface area contributed by atoms with Gasteiger partial charge in [0.05, 0.1) is 0 Å². The van der Waals surface area contributed by atoms with Crippen LogP contribution >= 0.6 is 11.6 Å². The Hall–Kier alpha value is -1.81. The van der Waals surface area contributed by atoms with E-state index < -0.39 is 0 Å². The molecule has 3 N–H and O–H groups in total. The van der Waals surface area contributed by atoms with Crippen LogP contribution in [0.25, 0.3) is 0 Å². The van der Waals surface area contributed by atoms with Crippen molar-refractivity contribution in [1.29, 1.82) is 0 Å². The normalized spacial score (nSPS) is 9.93. The average Bonchev–Trinajstić information content (AvgIpc) is 2.17. The Morgan fingerprint density at radius 3 is 2.87 bits per heavy atom. The van der Waals surface area contributed by atoms with Crippen LogP contribution in [0.1, 0.15) is 0 Å². The highest BCUT2D eigenvalue weighted by atomic mass is 35.5. The van der Waals surface area contributed by atoms with E-state index in [1.807, 2.05) is 24.3 Å². The SMILES string of the molecule is Nc1cccc(Nc2ccnc(Cl)n2)c1. The van der Waals surface area contributed by atoms with Crippen LogP contribution < -0.4 is 11.1 Å². The predicted octanol–water partition coefficient (Wildman–Crippen LogP) is 2.46. The second-order valence-corrected chi connectivity index (χ2v) is 3.30. The fourth-order valence-corrected chi connectivity index (χ4v) is 1.32. The summed E-state index contributed by atoms with van der Waals surface area (Å²) in [7, 11) is 0. The Balaban J connectivity index is 2.22. The minimum atomic E-state index is 0.212. The molecular weight excluding hydrogens is 212 g/mol. The third-order valence-electron chi connectivity index (χ3n) is 1.79. The van der Waals surface area contributed by atoms with Gasteiger partial charge in [0.1, 0.15) is 5.82 Å². The number of rotatable bonds is 2. The molecule has 5 heteroatoms. The Morgan fingerprint density at radius 2 is 2.13 bits per heavy atom. The first-order valence-corrected chi connectivity index (χ1v) is 4.73. The van der Waals surface area contributed by atoms with E-state index >= 15 is 0 Å². The lowest BCUT2D eigenvalue weighted by Crippen LogP contribution is -1.95. The molecule has 1 heterocycles. The molecule has 15 heavy (non-hydrogen) atoms. The molecule has 0 atom stereocenters. The van der Waals surface area contributed by atoms with Crippen LogP contribution in [-0.4, -0.2) is 9.97 Å². The van der Waals surface area contributed by atoms with Gasteiger partial charge in [-0.25, -0.2) is 9.97 Å². The number of aromatic nitrogens is 2. The molecule has 1 aromatic carbocycles. The minimum absolute atomic E-state index is 0.212. The summed E-state index contributed by atoms with van der Waals surface area (Å²) in [6, 6.07) is 9.12. The minimum Gasteiger partial charge on any atom is -0.399 e. The van der Waals surface area contributed by atoms with Crippen LogP contribution in [-0.2, 0) is 0 Å². The van der Waals surface area contributed by atoms with Gasteiger partial charge in [-0.2, -0.15) is 0 Å². The molecule has 0 amide bonds. The van der Waals surface area contributed by atoms with E-state index in [2.05, 4.69) is 15.3 Å². The summed E-state index contributed by atoms with van der Waals surface area (Å²) in [5.74, 6) is 0.639. The van der Waals surface area contributed by atoms with Gasteiger partial charge in [-0.15, -0.1) is 0 Å². The van der Waals surface area contributed by atoms with Gasteiger partial charge in [0.2, 0.25) is 5.28 Å². The molecule has 2 aromatic rings. The molecule has 76 valence electrons. The number of halogens is 1. The van der Waals surface area contributed by atoms with Crippen molar-refractivity contribution < 1.29 is 0 Å². The Morgan fingerprint density at radius 1 is 1.27 bits per heavy atom. The largest absolute Gasteiger partial charge is 0.399 e. The number of benzene rings is 1. The van der Waals surface area contributed by atoms with Crippen molar-refractivity contribution in [2.24, 2.45) is 0 Å². The number of nitrogens with two attached hydrogens (primary N) is 1. The van der Waals surface area contributed by atoms with E-state index in [1.165, 1.54) is 0 Å². The lowest BCUT2D eigenvalue weighted by molar-refractivity contribution is 1.17. The fourth-order valence-electron chi connectivity index (χ4n) is 1.17. The van der Waals surface area contributed by atoms with Crippen LogP contribution in [0.2, 0.25) is 5.28 Å². The van der Waals surface area contributed by atoms with Crippen molar-refractivity contribution in [3.8, 4) is 0 Å². The maximum Gasteiger partial charge on any atom is 0.224 e. The van der Waals surface area contributed by atoms with Gasteiger partial charge in [0, 0.05) is 17.6 Å². The van der Waals surface area contributed by atoms with E-state index in [0.717, 1.165) is 5.69 Å². The summed E-state index contributed by atoms with van der Waals surface area (Å²) in [4.78, 5) is 7.79. The van der Waals surface area contributed by atoms with Crippen molar-refractivity contribution in [3.05, 3.63) is 41.8 Å². The van der Waals surface area contributed by atoms with Crippen molar-refractivity contribution in [2.75, 3.05) is 11.1 Å². The first-order valence-electron chi connectivity index (χ1n) is 4.35. The molecule has 0 aliphatic rings. The monoisotopic (exact) mass is 220 g/mol. The summed E-state index contributed by atoms with van der Waals surface area (Å²) >= 11 is 5.66. The fraction of sp³-hybridized carbons (Fsp3) is 0. The molecule has 0 aliphatic carbocycles. The second kappa shape index (κ2) is 4.14. The van der Waals surface area contributed by atoms with Crippen molar-refractivity contribution in [1.82, 2.24) is 9.97 Å². The summed E-state index contributed by atoms with van der Waals surface area (Å²) in [6.45, 7) is 0. The van der Waals surface area contributed by atoms with Gasteiger partial charge < -0.3 is 11.1 Å². The van der Waals surface area contributed by atoms with Crippen molar-refractivity contribution in [3.63, 3.8) is 0 Å². The Kier molecular flexibility index (Phi) is 2.69. The molecule has 1 aromatic heterocycles. The third-order valence-corrected chi connectivity index (χ3v) is 1.97. The smallest absolute Gasteiger partial charge is 0.224 e. The lowest BCUT2D eigenvalue weighted by Gasteiger charge is -2.05. The molecule has 4 nitrogen and oxygen atoms in total. The second-order valence-electron chi connectivity index (χ2n) is 2.96. The molecule has 0 bridgehead atoms. The standard InChI is InChI=1S/C10H9ClN4/c11-10-13-5-4-9(15-10)14-8-3-1-2-7(12)6-8/h1-6H,12H2,(H,13,14,15). The van der Waals surface area contributed by atoms with Crippen molar-refractivity contribution >= 4 is 28.8 Å². The molecule has 0 aliphatic heterocycles. The first kappa shape index (κ1) is 9.73. The highest BCUT2D eigenvalue weighted by Gasteiger charge is 1.97. The zero-order valence-corrected chi connectivity index (χ0v) is 8.57. The molecular formula is C10H9ClN4. The van der Waals surface area contributed by atoms with Crippen LogP contribution in [0, 0.1) is 0 Å². The van der Waals surface area contributed by atoms with Gasteiger partial charge in [0.25, 0.3) is 0 Å². The maximum atomic E-state index is 5.66. The first-order chi connectivity index (χ1) is 7.24. The summed E-state index contributed by atoms with van der Waals surface area (Å²) in [5, 5.41) is 3.28. The van der Waals surface area contributed by atoms with Gasteiger partial charge in [0.15, 0.2) is 0 Å². The molecule has 0 spiro atoms. The zero-order chi connectivity index (χ0) is 10.7. The zero-order valence-electron chi connectivity index (χ0n) is 7.81. The molecule has 0 fully saturated rings. The highest BCUT2D eigenvalue weighted by molar-refractivity contribution is 6.28. The van der Waals surface area contributed by atoms with Gasteiger partial charge in [-0.1, -0.05) is 6.07 Å². The van der Waals surface area contributed by atoms with Gasteiger partial charge in [-0.05, 0) is 35.9 Å². The van der Waals surface area contributed by atoms with Crippen LogP contribution in [0.3, 0.4) is 0 Å². The van der Waals surface area contributed by atoms with Gasteiger partial charge in [-0.3, -0.25) is 0 Å². The molecule has 2 rings (SSSR count). The summed E-state index contributed by atoms with van der Waals surface area (Å²) in [6.07, 6.45) is 1.59. The van der Waals surface area contributed by atoms with E-state index in [1.54, 1.807) is 12.3 Å². The third kappa shape index (κ3) is 2.57. The van der Waals surface area contributed by atoms with Crippen molar-refractivity contribution in [2.45, 2.75) is 0 Å². The highest BCUT2D eigenvalue weighted by Crippen LogP contribution is 2.17. The quantitative estimate of drug-likeness (QED) is 0.603. The van der Waals surface area contributed by atoms with E-state index in [4.69, 9.17) is 17.3 Å². The number of hydrogen-bond acceptors (Lipinski definition) is 4. The topological polar surface area (TPSA) is 63.8 Å². The molecule has 0 radical (unpaired) electrons. The van der Waals surface area contributed by atoms with E-state index in [0.29, 0.717) is 11.5 Å². The predicted molar refractivity (Wildman–Crippen MR) is 61.2 cm³/mol. The number of nitrogens with zero attached hydrogens (tertiary/aromatic N) is 2. The Bertz CT molecular complexity index is 429. The number of nitrogens with one attached hydrogen (secondary N) is 1. The number of nitrogen functional groups attached to an aromatic ring is 1. The molecule has 0 unspecified atom stereocenters. The lowest BCUT2D eigenvalue weighted by atomic mass is 10.3. The van der Waals surface area contributed by atoms with E-state index in [9.17, 15) is 0 Å². The summed E-state index contributed by atoms with van der Waals surface area (Å²) < 4.78 is 0. The molecule has 0 saturated carbocycles. The van der Waals surface area contributed by atoms with E-state index in [-0.39, 0.29) is 5.28 Å². The summed E-state index contributed by atoms with van der Waals surface area (Å²) in [5.41, 5.74) is 7.20. The maximum absolute atomic E-state index is 5.66. The van der Waals surface area contributed by atoms with Gasteiger partial charge >= 0.3 is 0 Å². The Labute approximate surface area is 92.1 Å². The number of anilines is 3.